The quantitative estimate of drug-likeness (QED) is 0.766. The highest BCUT2D eigenvalue weighted by molar-refractivity contribution is 5.67. The van der Waals surface area contributed by atoms with Crippen molar-refractivity contribution in [1.29, 1.82) is 0 Å². The summed E-state index contributed by atoms with van der Waals surface area (Å²) in [5.41, 5.74) is 0. The van der Waals surface area contributed by atoms with Crippen LogP contribution in [-0.4, -0.2) is 49.5 Å². The molecule has 118 valence electrons. The third-order valence-corrected chi connectivity index (χ3v) is 3.34. The van der Waals surface area contributed by atoms with Gasteiger partial charge < -0.3 is 15.0 Å². The number of likely N-dealkylation sites (tertiary alicyclic amines) is 1. The summed E-state index contributed by atoms with van der Waals surface area (Å²) in [7, 11) is 0. The van der Waals surface area contributed by atoms with Crippen molar-refractivity contribution in [3.8, 4) is 0 Å². The topological polar surface area (TPSA) is 41.6 Å². The SMILES string of the molecule is CCOC(=O)N1CCC(NCCCCC(F)(F)F)CC1. The average molecular weight is 296 g/mol. The Balaban J connectivity index is 2.06. The molecule has 0 aromatic carbocycles. The van der Waals surface area contributed by atoms with Crippen molar-refractivity contribution in [3.63, 3.8) is 0 Å². The first kappa shape index (κ1) is 17.1. The van der Waals surface area contributed by atoms with Gasteiger partial charge in [-0.15, -0.1) is 0 Å². The lowest BCUT2D eigenvalue weighted by atomic mass is 10.1. The number of alkyl halides is 3. The number of ether oxygens (including phenoxy) is 1. The zero-order chi connectivity index (χ0) is 15.0. The van der Waals surface area contributed by atoms with E-state index >= 15 is 0 Å². The van der Waals surface area contributed by atoms with Crippen molar-refractivity contribution >= 4 is 6.09 Å². The number of hydrogen-bond donors (Lipinski definition) is 1. The van der Waals surface area contributed by atoms with Gasteiger partial charge in [0.1, 0.15) is 0 Å². The van der Waals surface area contributed by atoms with E-state index in [0.717, 1.165) is 12.8 Å². The molecule has 0 aliphatic carbocycles. The van der Waals surface area contributed by atoms with Gasteiger partial charge >= 0.3 is 12.3 Å². The second-order valence-corrected chi connectivity index (χ2v) is 4.99. The van der Waals surface area contributed by atoms with Crippen LogP contribution in [0.25, 0.3) is 0 Å². The maximum Gasteiger partial charge on any atom is 0.409 e. The molecule has 0 bridgehead atoms. The molecule has 7 heteroatoms. The van der Waals surface area contributed by atoms with E-state index in [-0.39, 0.29) is 18.6 Å². The molecule has 0 atom stereocenters. The summed E-state index contributed by atoms with van der Waals surface area (Å²) in [6, 6.07) is 0.284. The van der Waals surface area contributed by atoms with Crippen molar-refractivity contribution in [2.45, 2.75) is 51.2 Å². The van der Waals surface area contributed by atoms with Crippen molar-refractivity contribution in [3.05, 3.63) is 0 Å². The predicted octanol–water partition coefficient (Wildman–Crippen LogP) is 2.93. The van der Waals surface area contributed by atoms with E-state index in [0.29, 0.717) is 32.7 Å². The standard InChI is InChI=1S/C13H23F3N2O2/c1-2-20-12(19)18-9-5-11(6-10-18)17-8-4-3-7-13(14,15)16/h11,17H,2-10H2,1H3. The highest BCUT2D eigenvalue weighted by atomic mass is 19.4. The van der Waals surface area contributed by atoms with E-state index in [4.69, 9.17) is 4.74 Å². The number of unbranched alkanes of at least 4 members (excludes halogenated alkanes) is 1. The fraction of sp³-hybridized carbons (Fsp3) is 0.923. The summed E-state index contributed by atoms with van der Waals surface area (Å²) < 4.78 is 40.8. The lowest BCUT2D eigenvalue weighted by Crippen LogP contribution is -2.45. The average Bonchev–Trinajstić information content (AvgIpc) is 2.38. The number of carbonyl (C=O) groups excluding carboxylic acids is 1. The van der Waals surface area contributed by atoms with Gasteiger partial charge in [-0.1, -0.05) is 0 Å². The second kappa shape index (κ2) is 8.34. The van der Waals surface area contributed by atoms with Gasteiger partial charge in [0, 0.05) is 25.6 Å². The molecule has 4 nitrogen and oxygen atoms in total. The molecule has 1 fully saturated rings. The molecule has 20 heavy (non-hydrogen) atoms. The van der Waals surface area contributed by atoms with Crippen molar-refractivity contribution < 1.29 is 22.7 Å². The monoisotopic (exact) mass is 296 g/mol. The van der Waals surface area contributed by atoms with Gasteiger partial charge in [0.15, 0.2) is 0 Å². The Bertz CT molecular complexity index is 290. The molecule has 0 spiro atoms. The number of rotatable bonds is 6. The number of piperidine rings is 1. The number of amides is 1. The third-order valence-electron chi connectivity index (χ3n) is 3.34. The zero-order valence-corrected chi connectivity index (χ0v) is 11.8. The highest BCUT2D eigenvalue weighted by Gasteiger charge is 2.26. The van der Waals surface area contributed by atoms with E-state index in [1.54, 1.807) is 11.8 Å². The molecule has 0 unspecified atom stereocenters. The second-order valence-electron chi connectivity index (χ2n) is 4.99. The summed E-state index contributed by atoms with van der Waals surface area (Å²) in [6.45, 7) is 4.02. The maximum absolute atomic E-state index is 11.9. The molecule has 1 aliphatic rings. The van der Waals surface area contributed by atoms with Crippen LogP contribution in [0.2, 0.25) is 0 Å². The van der Waals surface area contributed by atoms with Gasteiger partial charge in [0.05, 0.1) is 6.61 Å². The normalized spacial score (nSPS) is 17.3. The summed E-state index contributed by atoms with van der Waals surface area (Å²) in [5, 5.41) is 3.25. The molecule has 1 amide bonds. The molecule has 1 rings (SSSR count). The van der Waals surface area contributed by atoms with Crippen LogP contribution in [-0.2, 0) is 4.74 Å². The van der Waals surface area contributed by atoms with Crippen LogP contribution >= 0.6 is 0 Å². The number of halogens is 3. The minimum absolute atomic E-state index is 0.165. The van der Waals surface area contributed by atoms with Gasteiger partial charge in [-0.25, -0.2) is 4.79 Å². The Labute approximate surface area is 117 Å². The predicted molar refractivity (Wildman–Crippen MR) is 69.5 cm³/mol. The molecule has 1 saturated heterocycles. The minimum Gasteiger partial charge on any atom is -0.450 e. The van der Waals surface area contributed by atoms with E-state index in [1.807, 2.05) is 0 Å². The third kappa shape index (κ3) is 6.98. The van der Waals surface area contributed by atoms with Crippen molar-refractivity contribution in [2.75, 3.05) is 26.2 Å². The first-order chi connectivity index (χ1) is 9.42. The fourth-order valence-corrected chi connectivity index (χ4v) is 2.24. The van der Waals surface area contributed by atoms with E-state index < -0.39 is 12.6 Å². The van der Waals surface area contributed by atoms with Crippen LogP contribution in [0.1, 0.15) is 39.0 Å². The van der Waals surface area contributed by atoms with Gasteiger partial charge in [0.25, 0.3) is 0 Å². The maximum atomic E-state index is 11.9. The van der Waals surface area contributed by atoms with Gasteiger partial charge in [-0.3, -0.25) is 0 Å². The Morgan fingerprint density at radius 2 is 1.95 bits per heavy atom. The van der Waals surface area contributed by atoms with E-state index in [2.05, 4.69) is 5.32 Å². The molecule has 1 aliphatic heterocycles. The largest absolute Gasteiger partial charge is 0.450 e. The van der Waals surface area contributed by atoms with Gasteiger partial charge in [0.2, 0.25) is 0 Å². The van der Waals surface area contributed by atoms with Crippen LogP contribution in [0, 0.1) is 0 Å². The molecule has 1 N–H and O–H groups in total. The smallest absolute Gasteiger partial charge is 0.409 e. The molecule has 0 saturated carbocycles. The summed E-state index contributed by atoms with van der Waals surface area (Å²) in [4.78, 5) is 13.1. The first-order valence-electron chi connectivity index (χ1n) is 7.14. The molecule has 1 heterocycles. The zero-order valence-electron chi connectivity index (χ0n) is 11.8. The Kier molecular flexibility index (Phi) is 7.12. The number of nitrogens with one attached hydrogen (secondary N) is 1. The van der Waals surface area contributed by atoms with Crippen LogP contribution in [0.4, 0.5) is 18.0 Å². The van der Waals surface area contributed by atoms with Gasteiger partial charge in [-0.2, -0.15) is 13.2 Å². The minimum atomic E-state index is -4.05. The van der Waals surface area contributed by atoms with E-state index in [1.165, 1.54) is 0 Å². The molecule has 0 aromatic heterocycles. The van der Waals surface area contributed by atoms with Crippen LogP contribution < -0.4 is 5.32 Å². The Morgan fingerprint density at radius 1 is 1.30 bits per heavy atom. The van der Waals surface area contributed by atoms with E-state index in [9.17, 15) is 18.0 Å². The lowest BCUT2D eigenvalue weighted by molar-refractivity contribution is -0.135. The van der Waals surface area contributed by atoms with Crippen molar-refractivity contribution in [1.82, 2.24) is 10.2 Å². The number of carbonyl (C=O) groups is 1. The number of nitrogens with zero attached hydrogens (tertiary/aromatic N) is 1. The molecule has 0 aromatic rings. The van der Waals surface area contributed by atoms with Crippen LogP contribution in [0.15, 0.2) is 0 Å². The Hall–Kier alpha value is -0.980. The summed E-state index contributed by atoms with van der Waals surface area (Å²) >= 11 is 0. The highest BCUT2D eigenvalue weighted by Crippen LogP contribution is 2.22. The Morgan fingerprint density at radius 3 is 2.50 bits per heavy atom. The van der Waals surface area contributed by atoms with Gasteiger partial charge in [-0.05, 0) is 39.2 Å². The fourth-order valence-electron chi connectivity index (χ4n) is 2.24. The number of hydrogen-bond acceptors (Lipinski definition) is 3. The molecular formula is C13H23F3N2O2. The van der Waals surface area contributed by atoms with Crippen LogP contribution in [0.5, 0.6) is 0 Å². The summed E-state index contributed by atoms with van der Waals surface area (Å²) in [5.74, 6) is 0. The summed E-state index contributed by atoms with van der Waals surface area (Å²) in [6.07, 6.45) is -2.72. The first-order valence-corrected chi connectivity index (χ1v) is 7.14. The molecular weight excluding hydrogens is 273 g/mol. The lowest BCUT2D eigenvalue weighted by Gasteiger charge is -2.31. The van der Waals surface area contributed by atoms with Crippen molar-refractivity contribution in [2.24, 2.45) is 0 Å². The van der Waals surface area contributed by atoms with Crippen LogP contribution in [0.3, 0.4) is 0 Å². The molecule has 0 radical (unpaired) electrons.